The zero-order valence-corrected chi connectivity index (χ0v) is 9.41. The van der Waals surface area contributed by atoms with Crippen molar-refractivity contribution in [2.24, 2.45) is 0 Å². The normalized spacial score (nSPS) is 10.3. The number of hydrogen-bond acceptors (Lipinski definition) is 4. The summed E-state index contributed by atoms with van der Waals surface area (Å²) >= 11 is 1.45. The Morgan fingerprint density at radius 2 is 1.93 bits per heavy atom. The van der Waals surface area contributed by atoms with Crippen molar-refractivity contribution < 1.29 is 14.3 Å². The van der Waals surface area contributed by atoms with Gasteiger partial charge in [0, 0.05) is 4.90 Å². The average molecular weight is 224 g/mol. The minimum Gasteiger partial charge on any atom is -0.493 e. The van der Waals surface area contributed by atoms with E-state index in [0.717, 1.165) is 11.2 Å². The molecule has 1 aromatic carbocycles. The van der Waals surface area contributed by atoms with E-state index in [0.29, 0.717) is 11.5 Å². The lowest BCUT2D eigenvalue weighted by Crippen LogP contribution is -1.89. The van der Waals surface area contributed by atoms with Gasteiger partial charge in [0.15, 0.2) is 11.5 Å². The molecule has 15 heavy (non-hydrogen) atoms. The second-order valence-electron chi connectivity index (χ2n) is 2.60. The second-order valence-corrected chi connectivity index (χ2v) is 3.58. The van der Waals surface area contributed by atoms with Crippen LogP contribution in [-0.2, 0) is 4.79 Å². The minimum atomic E-state index is 0.682. The predicted molar refractivity (Wildman–Crippen MR) is 60.6 cm³/mol. The van der Waals surface area contributed by atoms with Crippen LogP contribution in [0.15, 0.2) is 34.6 Å². The van der Waals surface area contributed by atoms with Gasteiger partial charge in [-0.05, 0) is 29.7 Å². The Labute approximate surface area is 93.1 Å². The van der Waals surface area contributed by atoms with Crippen molar-refractivity contribution >= 4 is 18.0 Å². The summed E-state index contributed by atoms with van der Waals surface area (Å²) in [6, 6.07) is 5.59. The molecule has 1 aromatic rings. The first-order valence-corrected chi connectivity index (χ1v) is 5.18. The number of allylic oxidation sites excluding steroid dienone is 1. The lowest BCUT2D eigenvalue weighted by atomic mass is 10.3. The molecule has 0 radical (unpaired) electrons. The fourth-order valence-electron chi connectivity index (χ4n) is 1.04. The molecule has 1 rings (SSSR count). The minimum absolute atomic E-state index is 0.682. The van der Waals surface area contributed by atoms with Gasteiger partial charge in [0.25, 0.3) is 0 Å². The van der Waals surface area contributed by atoms with Crippen molar-refractivity contribution in [2.45, 2.75) is 4.90 Å². The summed E-state index contributed by atoms with van der Waals surface area (Å²) in [4.78, 5) is 11.1. The van der Waals surface area contributed by atoms with Crippen LogP contribution >= 0.6 is 11.8 Å². The maximum absolute atomic E-state index is 10.1. The number of carbonyl (C=O) groups is 1. The molecular weight excluding hydrogens is 212 g/mol. The molecule has 0 saturated heterocycles. The first-order valence-electron chi connectivity index (χ1n) is 4.30. The van der Waals surface area contributed by atoms with E-state index >= 15 is 0 Å². The molecule has 80 valence electrons. The SMILES string of the molecule is COc1ccc(S/C=C/C=O)cc1OC. The number of benzene rings is 1. The summed E-state index contributed by atoms with van der Waals surface area (Å²) in [6.45, 7) is 0. The lowest BCUT2D eigenvalue weighted by molar-refractivity contribution is -0.104. The largest absolute Gasteiger partial charge is 0.493 e. The summed E-state index contributed by atoms with van der Waals surface area (Å²) in [5, 5.41) is 1.72. The zero-order chi connectivity index (χ0) is 11.1. The van der Waals surface area contributed by atoms with Crippen molar-refractivity contribution in [1.82, 2.24) is 0 Å². The van der Waals surface area contributed by atoms with E-state index in [1.165, 1.54) is 17.8 Å². The predicted octanol–water partition coefficient (Wildman–Crippen LogP) is 2.51. The fourth-order valence-corrected chi connectivity index (χ4v) is 1.66. The summed E-state index contributed by atoms with van der Waals surface area (Å²) < 4.78 is 10.3. The Hall–Kier alpha value is -1.42. The van der Waals surface area contributed by atoms with E-state index in [-0.39, 0.29) is 0 Å². The Bertz CT molecular complexity index is 361. The highest BCUT2D eigenvalue weighted by molar-refractivity contribution is 8.02. The number of carbonyl (C=O) groups excluding carboxylic acids is 1. The molecule has 0 aliphatic heterocycles. The second kappa shape index (κ2) is 6.14. The third kappa shape index (κ3) is 3.32. The topological polar surface area (TPSA) is 35.5 Å². The molecule has 0 heterocycles. The van der Waals surface area contributed by atoms with E-state index in [1.54, 1.807) is 19.6 Å². The van der Waals surface area contributed by atoms with Crippen molar-refractivity contribution in [3.63, 3.8) is 0 Å². The Kier molecular flexibility index (Phi) is 4.77. The molecule has 4 heteroatoms. The van der Waals surface area contributed by atoms with Gasteiger partial charge in [-0.15, -0.1) is 0 Å². The monoisotopic (exact) mass is 224 g/mol. The van der Waals surface area contributed by atoms with Crippen LogP contribution in [0.2, 0.25) is 0 Å². The third-order valence-electron chi connectivity index (χ3n) is 1.72. The lowest BCUT2D eigenvalue weighted by Gasteiger charge is -2.07. The quantitative estimate of drug-likeness (QED) is 0.437. The van der Waals surface area contributed by atoms with E-state index in [9.17, 15) is 4.79 Å². The number of hydrogen-bond donors (Lipinski definition) is 0. The van der Waals surface area contributed by atoms with Gasteiger partial charge in [0.05, 0.1) is 14.2 Å². The van der Waals surface area contributed by atoms with E-state index in [2.05, 4.69) is 0 Å². The van der Waals surface area contributed by atoms with Gasteiger partial charge in [0.1, 0.15) is 6.29 Å². The van der Waals surface area contributed by atoms with Crippen molar-refractivity contribution in [3.05, 3.63) is 29.7 Å². The average Bonchev–Trinajstić information content (AvgIpc) is 2.29. The Morgan fingerprint density at radius 3 is 2.53 bits per heavy atom. The maximum atomic E-state index is 10.1. The van der Waals surface area contributed by atoms with Gasteiger partial charge >= 0.3 is 0 Å². The van der Waals surface area contributed by atoms with Crippen LogP contribution < -0.4 is 9.47 Å². The maximum Gasteiger partial charge on any atom is 0.161 e. The number of aldehydes is 1. The number of rotatable bonds is 5. The highest BCUT2D eigenvalue weighted by Crippen LogP contribution is 2.31. The van der Waals surface area contributed by atoms with E-state index in [4.69, 9.17) is 9.47 Å². The summed E-state index contributed by atoms with van der Waals surface area (Å²) in [7, 11) is 3.19. The highest BCUT2D eigenvalue weighted by atomic mass is 32.2. The number of thioether (sulfide) groups is 1. The first kappa shape index (κ1) is 11.7. The number of ether oxygens (including phenoxy) is 2. The summed E-state index contributed by atoms with van der Waals surface area (Å²) in [5.41, 5.74) is 0. The van der Waals surface area contributed by atoms with Gasteiger partial charge in [-0.1, -0.05) is 11.8 Å². The van der Waals surface area contributed by atoms with Gasteiger partial charge in [-0.2, -0.15) is 0 Å². The summed E-state index contributed by atoms with van der Waals surface area (Å²) in [6.07, 6.45) is 2.19. The molecule has 0 fully saturated rings. The number of methoxy groups -OCH3 is 2. The third-order valence-corrected chi connectivity index (χ3v) is 2.54. The first-order chi connectivity index (χ1) is 7.31. The fraction of sp³-hybridized carbons (Fsp3) is 0.182. The van der Waals surface area contributed by atoms with Gasteiger partial charge in [0.2, 0.25) is 0 Å². The van der Waals surface area contributed by atoms with Crippen molar-refractivity contribution in [1.29, 1.82) is 0 Å². The Balaban J connectivity index is 2.83. The zero-order valence-electron chi connectivity index (χ0n) is 8.60. The molecule has 0 aromatic heterocycles. The smallest absolute Gasteiger partial charge is 0.161 e. The van der Waals surface area contributed by atoms with E-state index in [1.807, 2.05) is 18.2 Å². The summed E-state index contributed by atoms with van der Waals surface area (Å²) in [5.74, 6) is 1.38. The molecule has 0 N–H and O–H groups in total. The molecule has 0 bridgehead atoms. The highest BCUT2D eigenvalue weighted by Gasteiger charge is 2.03. The van der Waals surface area contributed by atoms with Crippen LogP contribution in [0.1, 0.15) is 0 Å². The van der Waals surface area contributed by atoms with Crippen LogP contribution in [0.25, 0.3) is 0 Å². The van der Waals surface area contributed by atoms with Crippen LogP contribution in [0.3, 0.4) is 0 Å². The Morgan fingerprint density at radius 1 is 1.20 bits per heavy atom. The molecule has 0 aliphatic carbocycles. The van der Waals surface area contributed by atoms with Crippen LogP contribution in [0.4, 0.5) is 0 Å². The molecule has 0 unspecified atom stereocenters. The molecule has 0 saturated carbocycles. The molecule has 0 atom stereocenters. The van der Waals surface area contributed by atoms with Crippen molar-refractivity contribution in [3.8, 4) is 11.5 Å². The van der Waals surface area contributed by atoms with Crippen molar-refractivity contribution in [2.75, 3.05) is 14.2 Å². The molecule has 3 nitrogen and oxygen atoms in total. The van der Waals surface area contributed by atoms with Crippen LogP contribution in [0, 0.1) is 0 Å². The molecular formula is C11H12O3S. The van der Waals surface area contributed by atoms with E-state index < -0.39 is 0 Å². The molecule has 0 amide bonds. The van der Waals surface area contributed by atoms with Gasteiger partial charge in [-0.25, -0.2) is 0 Å². The molecule has 0 spiro atoms. The van der Waals surface area contributed by atoms with Crippen LogP contribution in [0.5, 0.6) is 11.5 Å². The van der Waals surface area contributed by atoms with Gasteiger partial charge < -0.3 is 9.47 Å². The standard InChI is InChI=1S/C11H12O3S/c1-13-10-5-4-9(8-11(10)14-2)15-7-3-6-12/h3-8H,1-2H3/b7-3+. The van der Waals surface area contributed by atoms with Gasteiger partial charge in [-0.3, -0.25) is 4.79 Å². The molecule has 0 aliphatic rings. The van der Waals surface area contributed by atoms with Crippen LogP contribution in [-0.4, -0.2) is 20.5 Å².